The fourth-order valence-electron chi connectivity index (χ4n) is 3.20. The van der Waals surface area contributed by atoms with Gasteiger partial charge in [-0.15, -0.1) is 0 Å². The van der Waals surface area contributed by atoms with Crippen molar-refractivity contribution in [1.82, 2.24) is 0 Å². The molecule has 6 nitrogen and oxygen atoms in total. The van der Waals surface area contributed by atoms with Gasteiger partial charge in [-0.05, 0) is 30.5 Å². The van der Waals surface area contributed by atoms with Gasteiger partial charge in [-0.2, -0.15) is 0 Å². The van der Waals surface area contributed by atoms with Crippen LogP contribution in [0, 0.1) is 0 Å². The minimum atomic E-state index is -0.643. The van der Waals surface area contributed by atoms with Crippen molar-refractivity contribution >= 4 is 6.21 Å². The first-order chi connectivity index (χ1) is 11.6. The molecule has 0 spiro atoms. The van der Waals surface area contributed by atoms with E-state index in [2.05, 4.69) is 0 Å². The highest BCUT2D eigenvalue weighted by Gasteiger charge is 2.41. The van der Waals surface area contributed by atoms with E-state index in [4.69, 9.17) is 28.7 Å². The van der Waals surface area contributed by atoms with E-state index in [0.717, 1.165) is 31.2 Å². The maximum absolute atomic E-state index is 5.65. The summed E-state index contributed by atoms with van der Waals surface area (Å²) >= 11 is 0. The van der Waals surface area contributed by atoms with Crippen molar-refractivity contribution in [2.75, 3.05) is 35.5 Å². The second-order valence-corrected chi connectivity index (χ2v) is 5.72. The van der Waals surface area contributed by atoms with Crippen molar-refractivity contribution in [1.29, 1.82) is 0 Å². The van der Waals surface area contributed by atoms with Gasteiger partial charge in [0.05, 0.1) is 21.3 Å². The molecule has 6 heteroatoms. The van der Waals surface area contributed by atoms with Crippen LogP contribution in [0.5, 0.6) is 17.2 Å². The van der Waals surface area contributed by atoms with E-state index in [9.17, 15) is 0 Å². The molecule has 0 amide bonds. The van der Waals surface area contributed by atoms with E-state index in [1.54, 1.807) is 35.5 Å². The van der Waals surface area contributed by atoms with Crippen molar-refractivity contribution in [3.8, 4) is 17.2 Å². The molecule has 0 aliphatic heterocycles. The van der Waals surface area contributed by atoms with Crippen LogP contribution < -0.4 is 14.2 Å². The number of nitrogens with zero attached hydrogens (tertiary/aromatic N) is 1. The van der Waals surface area contributed by atoms with Crippen molar-refractivity contribution in [2.24, 2.45) is 4.99 Å². The van der Waals surface area contributed by atoms with Gasteiger partial charge < -0.3 is 23.7 Å². The van der Waals surface area contributed by atoms with Crippen LogP contribution in [-0.2, 0) is 9.47 Å². The summed E-state index contributed by atoms with van der Waals surface area (Å²) in [6.45, 7) is 0. The number of hydrogen-bond donors (Lipinski definition) is 0. The third kappa shape index (κ3) is 3.65. The van der Waals surface area contributed by atoms with Crippen molar-refractivity contribution in [3.05, 3.63) is 17.7 Å². The zero-order chi connectivity index (χ0) is 17.6. The Hall–Kier alpha value is -1.79. The molecule has 0 heterocycles. The molecular formula is C18H27NO5. The molecule has 1 unspecified atom stereocenters. The topological polar surface area (TPSA) is 58.5 Å². The average molecular weight is 337 g/mol. The van der Waals surface area contributed by atoms with Crippen molar-refractivity contribution in [3.63, 3.8) is 0 Å². The van der Waals surface area contributed by atoms with Gasteiger partial charge in [-0.1, -0.05) is 6.42 Å². The molecule has 1 saturated carbocycles. The van der Waals surface area contributed by atoms with E-state index in [0.29, 0.717) is 17.2 Å². The molecule has 1 aliphatic carbocycles. The Balaban J connectivity index is 2.30. The number of hydrogen-bond acceptors (Lipinski definition) is 6. The molecule has 1 aromatic rings. The SMILES string of the molecule is COc1cc(C=NC2CCCCC2(OC)OC)cc(OC)c1OC. The normalized spacial score (nSPS) is 20.1. The maximum atomic E-state index is 5.65. The minimum absolute atomic E-state index is 0.0414. The predicted octanol–water partition coefficient (Wildman–Crippen LogP) is 3.06. The molecule has 1 aliphatic rings. The summed E-state index contributed by atoms with van der Waals surface area (Å²) in [5, 5.41) is 0. The van der Waals surface area contributed by atoms with E-state index >= 15 is 0 Å². The summed E-state index contributed by atoms with van der Waals surface area (Å²) in [6.07, 6.45) is 5.79. The van der Waals surface area contributed by atoms with Crippen LogP contribution in [0.3, 0.4) is 0 Å². The molecule has 0 aromatic heterocycles. The summed E-state index contributed by atoms with van der Waals surface area (Å²) in [5.74, 6) is 1.13. The lowest BCUT2D eigenvalue weighted by Crippen LogP contribution is -2.47. The van der Waals surface area contributed by atoms with Crippen LogP contribution in [0.15, 0.2) is 17.1 Å². The van der Waals surface area contributed by atoms with E-state index in [1.807, 2.05) is 18.3 Å². The second kappa shape index (κ2) is 8.35. The number of aliphatic imine (C=N–C) groups is 1. The van der Waals surface area contributed by atoms with Gasteiger partial charge in [0, 0.05) is 26.9 Å². The zero-order valence-electron chi connectivity index (χ0n) is 15.1. The molecule has 2 rings (SSSR count). The molecule has 1 atom stereocenters. The molecule has 0 radical (unpaired) electrons. The molecule has 24 heavy (non-hydrogen) atoms. The standard InChI is InChI=1S/C18H27NO5/c1-20-14-10-13(11-15(21-2)17(14)22-3)12-19-16-8-6-7-9-18(16,23-4)24-5/h10-12,16H,6-9H2,1-5H3. The predicted molar refractivity (Wildman–Crippen MR) is 92.7 cm³/mol. The number of rotatable bonds is 7. The van der Waals surface area contributed by atoms with Crippen LogP contribution in [-0.4, -0.2) is 53.6 Å². The number of methoxy groups -OCH3 is 5. The average Bonchev–Trinajstić information content (AvgIpc) is 2.65. The molecule has 0 bridgehead atoms. The molecule has 1 aromatic carbocycles. The lowest BCUT2D eigenvalue weighted by molar-refractivity contribution is -0.232. The Bertz CT molecular complexity index is 544. The van der Waals surface area contributed by atoms with Crippen molar-refractivity contribution in [2.45, 2.75) is 37.5 Å². The summed E-state index contributed by atoms with van der Waals surface area (Å²) in [7, 11) is 8.13. The van der Waals surface area contributed by atoms with Crippen LogP contribution in [0.25, 0.3) is 0 Å². The Morgan fingerprint density at radius 1 is 0.958 bits per heavy atom. The Morgan fingerprint density at radius 2 is 1.58 bits per heavy atom. The Morgan fingerprint density at radius 3 is 2.08 bits per heavy atom. The van der Waals surface area contributed by atoms with E-state index in [1.165, 1.54) is 0 Å². The van der Waals surface area contributed by atoms with Gasteiger partial charge >= 0.3 is 0 Å². The van der Waals surface area contributed by atoms with Gasteiger partial charge in [0.2, 0.25) is 5.75 Å². The van der Waals surface area contributed by atoms with Gasteiger partial charge in [-0.3, -0.25) is 4.99 Å². The molecule has 134 valence electrons. The zero-order valence-corrected chi connectivity index (χ0v) is 15.1. The second-order valence-electron chi connectivity index (χ2n) is 5.72. The number of benzene rings is 1. The first-order valence-corrected chi connectivity index (χ1v) is 8.07. The Kier molecular flexibility index (Phi) is 6.45. The first-order valence-electron chi connectivity index (χ1n) is 8.07. The lowest BCUT2D eigenvalue weighted by Gasteiger charge is -2.39. The van der Waals surface area contributed by atoms with E-state index < -0.39 is 5.79 Å². The highest BCUT2D eigenvalue weighted by molar-refractivity contribution is 5.82. The summed E-state index contributed by atoms with van der Waals surface area (Å²) in [5.41, 5.74) is 0.871. The molecule has 0 saturated heterocycles. The summed E-state index contributed by atoms with van der Waals surface area (Å²) in [6, 6.07) is 3.70. The lowest BCUT2D eigenvalue weighted by atomic mass is 9.89. The maximum Gasteiger partial charge on any atom is 0.203 e. The van der Waals surface area contributed by atoms with Crippen LogP contribution in [0.2, 0.25) is 0 Å². The van der Waals surface area contributed by atoms with Gasteiger partial charge in [0.25, 0.3) is 0 Å². The quantitative estimate of drug-likeness (QED) is 0.565. The Labute approximate surface area is 143 Å². The summed E-state index contributed by atoms with van der Waals surface area (Å²) < 4.78 is 27.4. The first kappa shape index (κ1) is 18.5. The van der Waals surface area contributed by atoms with Gasteiger partial charge in [-0.25, -0.2) is 0 Å². The fourth-order valence-corrected chi connectivity index (χ4v) is 3.20. The van der Waals surface area contributed by atoms with E-state index in [-0.39, 0.29) is 6.04 Å². The van der Waals surface area contributed by atoms with Gasteiger partial charge in [0.1, 0.15) is 6.04 Å². The summed E-state index contributed by atoms with van der Waals surface area (Å²) in [4.78, 5) is 4.73. The van der Waals surface area contributed by atoms with Crippen molar-refractivity contribution < 1.29 is 23.7 Å². The highest BCUT2D eigenvalue weighted by atomic mass is 16.7. The number of ether oxygens (including phenoxy) is 5. The van der Waals surface area contributed by atoms with Crippen LogP contribution in [0.1, 0.15) is 31.2 Å². The smallest absolute Gasteiger partial charge is 0.203 e. The molecule has 1 fully saturated rings. The minimum Gasteiger partial charge on any atom is -0.493 e. The third-order valence-electron chi connectivity index (χ3n) is 4.54. The highest BCUT2D eigenvalue weighted by Crippen LogP contribution is 2.38. The molecule has 0 N–H and O–H groups in total. The third-order valence-corrected chi connectivity index (χ3v) is 4.54. The fraction of sp³-hybridized carbons (Fsp3) is 0.611. The molecular weight excluding hydrogens is 310 g/mol. The monoisotopic (exact) mass is 337 g/mol. The van der Waals surface area contributed by atoms with Crippen LogP contribution >= 0.6 is 0 Å². The van der Waals surface area contributed by atoms with Gasteiger partial charge in [0.15, 0.2) is 17.3 Å². The van der Waals surface area contributed by atoms with Crippen LogP contribution in [0.4, 0.5) is 0 Å². The largest absolute Gasteiger partial charge is 0.493 e.